The molecule has 0 aliphatic heterocycles. The lowest BCUT2D eigenvalue weighted by molar-refractivity contribution is -0.163. The molecule has 0 heterocycles. The van der Waals surface area contributed by atoms with Gasteiger partial charge in [-0.05, 0) is 81.2 Å². The Kier molecular flexibility index (Phi) is 8.18. The minimum atomic E-state index is -5.44. The molecule has 1 aliphatic carbocycles. The number of carbonyl (C=O) groups excluding carboxylic acids is 1. The van der Waals surface area contributed by atoms with Gasteiger partial charge in [-0.25, -0.2) is 4.79 Å². The van der Waals surface area contributed by atoms with E-state index < -0.39 is 40.9 Å². The SMILES string of the molecule is CC=CC1CCC(c2ccc(C(=O)Oc3ccc(OCC)c(C(F)(F)F)c3C(F)(F)F)cc2)CC1. The second-order valence-electron chi connectivity index (χ2n) is 8.39. The highest BCUT2D eigenvalue weighted by Gasteiger charge is 2.48. The fourth-order valence-electron chi connectivity index (χ4n) is 4.46. The number of benzene rings is 2. The topological polar surface area (TPSA) is 35.5 Å². The molecule has 1 fully saturated rings. The zero-order chi connectivity index (χ0) is 25.8. The van der Waals surface area contributed by atoms with Crippen LogP contribution >= 0.6 is 0 Å². The van der Waals surface area contributed by atoms with E-state index in [1.54, 1.807) is 12.1 Å². The molecule has 0 bridgehead atoms. The number of esters is 1. The van der Waals surface area contributed by atoms with Crippen molar-refractivity contribution in [1.82, 2.24) is 0 Å². The molecule has 0 unspecified atom stereocenters. The maximum atomic E-state index is 13.7. The van der Waals surface area contributed by atoms with Gasteiger partial charge in [0.25, 0.3) is 0 Å². The zero-order valence-corrected chi connectivity index (χ0v) is 19.3. The number of hydrogen-bond donors (Lipinski definition) is 0. The van der Waals surface area contributed by atoms with Gasteiger partial charge in [-0.1, -0.05) is 24.3 Å². The Labute approximate surface area is 199 Å². The lowest BCUT2D eigenvalue weighted by Gasteiger charge is -2.27. The van der Waals surface area contributed by atoms with Crippen LogP contribution in [0.5, 0.6) is 11.5 Å². The Balaban J connectivity index is 1.84. The van der Waals surface area contributed by atoms with Gasteiger partial charge in [-0.15, -0.1) is 0 Å². The summed E-state index contributed by atoms with van der Waals surface area (Å²) in [6.45, 7) is 3.06. The number of rotatable bonds is 6. The molecule has 0 amide bonds. The first-order valence-corrected chi connectivity index (χ1v) is 11.3. The number of allylic oxidation sites excluding steroid dienone is 2. The van der Waals surface area contributed by atoms with Gasteiger partial charge in [-0.2, -0.15) is 26.3 Å². The second-order valence-corrected chi connectivity index (χ2v) is 8.39. The van der Waals surface area contributed by atoms with E-state index >= 15 is 0 Å². The molecular formula is C26H26F6O3. The highest BCUT2D eigenvalue weighted by Crippen LogP contribution is 2.49. The lowest BCUT2D eigenvalue weighted by atomic mass is 9.78. The Hall–Kier alpha value is -2.97. The van der Waals surface area contributed by atoms with Crippen LogP contribution in [0.25, 0.3) is 0 Å². The lowest BCUT2D eigenvalue weighted by Crippen LogP contribution is -2.21. The van der Waals surface area contributed by atoms with Crippen LogP contribution in [0.15, 0.2) is 48.6 Å². The molecule has 2 aromatic carbocycles. The van der Waals surface area contributed by atoms with E-state index in [0.29, 0.717) is 17.9 Å². The Morgan fingerprint density at radius 2 is 1.43 bits per heavy atom. The smallest absolute Gasteiger partial charge is 0.420 e. The van der Waals surface area contributed by atoms with Crippen molar-refractivity contribution in [3.05, 3.63) is 70.8 Å². The molecule has 0 N–H and O–H groups in total. The maximum absolute atomic E-state index is 13.7. The summed E-state index contributed by atoms with van der Waals surface area (Å²) >= 11 is 0. The molecular weight excluding hydrogens is 474 g/mol. The zero-order valence-electron chi connectivity index (χ0n) is 19.3. The number of ether oxygens (including phenoxy) is 2. The minimum Gasteiger partial charge on any atom is -0.493 e. The Bertz CT molecular complexity index is 1050. The number of carbonyl (C=O) groups is 1. The number of hydrogen-bond acceptors (Lipinski definition) is 3. The van der Waals surface area contributed by atoms with Crippen molar-refractivity contribution >= 4 is 5.97 Å². The molecule has 0 spiro atoms. The fourth-order valence-corrected chi connectivity index (χ4v) is 4.46. The van der Waals surface area contributed by atoms with Crippen LogP contribution in [0.4, 0.5) is 26.3 Å². The average molecular weight is 500 g/mol. The van der Waals surface area contributed by atoms with Crippen molar-refractivity contribution in [2.75, 3.05) is 6.61 Å². The summed E-state index contributed by atoms with van der Waals surface area (Å²) in [5.41, 5.74) is -3.19. The number of halogens is 6. The van der Waals surface area contributed by atoms with E-state index in [1.165, 1.54) is 19.1 Å². The van der Waals surface area contributed by atoms with Gasteiger partial charge in [0.1, 0.15) is 22.6 Å². The van der Waals surface area contributed by atoms with Crippen LogP contribution in [-0.4, -0.2) is 12.6 Å². The molecule has 190 valence electrons. The predicted molar refractivity (Wildman–Crippen MR) is 119 cm³/mol. The van der Waals surface area contributed by atoms with Gasteiger partial charge in [0.2, 0.25) is 0 Å². The van der Waals surface area contributed by atoms with Crippen LogP contribution < -0.4 is 9.47 Å². The van der Waals surface area contributed by atoms with E-state index in [4.69, 9.17) is 9.47 Å². The van der Waals surface area contributed by atoms with Crippen molar-refractivity contribution in [2.24, 2.45) is 5.92 Å². The largest absolute Gasteiger partial charge is 0.493 e. The van der Waals surface area contributed by atoms with Crippen molar-refractivity contribution in [3.8, 4) is 11.5 Å². The molecule has 0 atom stereocenters. The van der Waals surface area contributed by atoms with E-state index in [9.17, 15) is 31.1 Å². The standard InChI is InChI=1S/C26H26F6O3/c1-3-5-16-6-8-17(9-7-16)18-10-12-19(13-11-18)24(33)35-21-15-14-20(34-4-2)22(25(27,28)29)23(21)26(30,31)32/h3,5,10-17H,4,6-9H2,1-2H3. The van der Waals surface area contributed by atoms with Gasteiger partial charge in [0, 0.05) is 0 Å². The molecule has 2 aromatic rings. The third-order valence-corrected chi connectivity index (χ3v) is 6.05. The third-order valence-electron chi connectivity index (χ3n) is 6.05. The average Bonchev–Trinajstić information content (AvgIpc) is 2.79. The summed E-state index contributed by atoms with van der Waals surface area (Å²) in [5, 5.41) is 0. The van der Waals surface area contributed by atoms with Crippen molar-refractivity contribution < 1.29 is 40.6 Å². The third kappa shape index (κ3) is 6.38. The maximum Gasteiger partial charge on any atom is 0.420 e. The van der Waals surface area contributed by atoms with E-state index in [2.05, 4.69) is 6.08 Å². The first-order chi connectivity index (χ1) is 16.5. The normalized spacial score (nSPS) is 19.1. The Morgan fingerprint density at radius 3 is 1.94 bits per heavy atom. The van der Waals surface area contributed by atoms with Crippen LogP contribution in [-0.2, 0) is 12.4 Å². The molecule has 3 rings (SSSR count). The van der Waals surface area contributed by atoms with Crippen LogP contribution in [0.1, 0.15) is 72.5 Å². The van der Waals surface area contributed by atoms with Gasteiger partial charge in [-0.3, -0.25) is 0 Å². The Morgan fingerprint density at radius 1 is 0.886 bits per heavy atom. The van der Waals surface area contributed by atoms with Gasteiger partial charge < -0.3 is 9.47 Å². The second kappa shape index (κ2) is 10.7. The first-order valence-electron chi connectivity index (χ1n) is 11.3. The van der Waals surface area contributed by atoms with Gasteiger partial charge >= 0.3 is 18.3 Å². The minimum absolute atomic E-state index is 0.0630. The summed E-state index contributed by atoms with van der Waals surface area (Å²) in [4.78, 5) is 12.6. The molecule has 1 aliphatic rings. The monoisotopic (exact) mass is 500 g/mol. The fraction of sp³-hybridized carbons (Fsp3) is 0.423. The molecule has 1 saturated carbocycles. The van der Waals surface area contributed by atoms with Gasteiger partial charge in [0.15, 0.2) is 0 Å². The molecule has 0 aromatic heterocycles. The predicted octanol–water partition coefficient (Wildman–Crippen LogP) is 8.19. The van der Waals surface area contributed by atoms with Crippen molar-refractivity contribution in [1.29, 1.82) is 0 Å². The van der Waals surface area contributed by atoms with E-state index in [0.717, 1.165) is 37.3 Å². The highest BCUT2D eigenvalue weighted by molar-refractivity contribution is 5.91. The van der Waals surface area contributed by atoms with E-state index in [-0.39, 0.29) is 12.2 Å². The molecule has 9 heteroatoms. The molecule has 3 nitrogen and oxygen atoms in total. The van der Waals surface area contributed by atoms with Crippen molar-refractivity contribution in [2.45, 2.75) is 57.8 Å². The highest BCUT2D eigenvalue weighted by atomic mass is 19.4. The molecule has 0 saturated heterocycles. The van der Waals surface area contributed by atoms with Crippen LogP contribution in [0.3, 0.4) is 0 Å². The summed E-state index contributed by atoms with van der Waals surface area (Å²) in [7, 11) is 0. The van der Waals surface area contributed by atoms with E-state index in [1.807, 2.05) is 13.0 Å². The summed E-state index contributed by atoms with van der Waals surface area (Å²) in [6, 6.07) is 7.64. The molecule has 0 radical (unpaired) electrons. The van der Waals surface area contributed by atoms with Gasteiger partial charge in [0.05, 0.1) is 12.2 Å². The summed E-state index contributed by atoms with van der Waals surface area (Å²) in [6.07, 6.45) is -2.57. The quantitative estimate of drug-likeness (QED) is 0.174. The van der Waals surface area contributed by atoms with Crippen LogP contribution in [0.2, 0.25) is 0 Å². The van der Waals surface area contributed by atoms with Crippen molar-refractivity contribution in [3.63, 3.8) is 0 Å². The summed E-state index contributed by atoms with van der Waals surface area (Å²) in [5.74, 6) is -2.55. The number of alkyl halides is 6. The van der Waals surface area contributed by atoms with Crippen LogP contribution in [0, 0.1) is 5.92 Å². The molecule has 35 heavy (non-hydrogen) atoms. The summed E-state index contributed by atoms with van der Waals surface area (Å²) < 4.78 is 91.4. The first kappa shape index (κ1) is 26.6.